The van der Waals surface area contributed by atoms with E-state index in [4.69, 9.17) is 0 Å². The highest BCUT2D eigenvalue weighted by Gasteiger charge is 2.38. The van der Waals surface area contributed by atoms with Gasteiger partial charge in [0.15, 0.2) is 0 Å². The van der Waals surface area contributed by atoms with E-state index < -0.39 is 0 Å². The molecule has 0 bridgehead atoms. The maximum absolute atomic E-state index is 12.1. The molecule has 2 N–H and O–H groups in total. The lowest BCUT2D eigenvalue weighted by atomic mass is 10.0. The third-order valence-electron chi connectivity index (χ3n) is 3.74. The van der Waals surface area contributed by atoms with Gasteiger partial charge in [-0.25, -0.2) is 15.2 Å². The standard InChI is InChI=1S/C16H25N3O/c1-3-4-5-6-10-13-16(2)17-15(20)19(18-16)14-11-8-7-9-12-14/h7-9,11-12,18H,3-6,10,13H2,1-2H3,(H,17,20)/t16-/m1/s1. The molecule has 2 rings (SSSR count). The van der Waals surface area contributed by atoms with Crippen LogP contribution in [-0.4, -0.2) is 11.7 Å². The molecule has 1 aliphatic heterocycles. The Morgan fingerprint density at radius 2 is 1.80 bits per heavy atom. The molecule has 1 aromatic rings. The number of rotatable bonds is 7. The lowest BCUT2D eigenvalue weighted by Crippen LogP contribution is -2.48. The molecule has 1 fully saturated rings. The second-order valence-electron chi connectivity index (χ2n) is 5.71. The van der Waals surface area contributed by atoms with Gasteiger partial charge in [0.2, 0.25) is 0 Å². The van der Waals surface area contributed by atoms with Crippen molar-refractivity contribution in [3.8, 4) is 0 Å². The lowest BCUT2D eigenvalue weighted by Gasteiger charge is -2.25. The number of nitrogens with one attached hydrogen (secondary N) is 2. The molecule has 1 aliphatic rings. The number of hydrogen-bond donors (Lipinski definition) is 2. The number of hydrazine groups is 1. The molecule has 2 amide bonds. The van der Waals surface area contributed by atoms with Crippen LogP contribution < -0.4 is 15.8 Å². The summed E-state index contributed by atoms with van der Waals surface area (Å²) in [6, 6.07) is 9.60. The maximum atomic E-state index is 12.1. The molecular weight excluding hydrogens is 250 g/mol. The van der Waals surface area contributed by atoms with Gasteiger partial charge in [0.1, 0.15) is 5.66 Å². The van der Waals surface area contributed by atoms with E-state index in [0.29, 0.717) is 0 Å². The zero-order chi connectivity index (χ0) is 14.4. The Bertz CT molecular complexity index is 435. The number of hydrogen-bond acceptors (Lipinski definition) is 2. The van der Waals surface area contributed by atoms with Crippen LogP contribution >= 0.6 is 0 Å². The monoisotopic (exact) mass is 275 g/mol. The van der Waals surface area contributed by atoms with E-state index in [-0.39, 0.29) is 11.7 Å². The van der Waals surface area contributed by atoms with E-state index in [1.165, 1.54) is 25.7 Å². The summed E-state index contributed by atoms with van der Waals surface area (Å²) in [5.41, 5.74) is 3.84. The number of unbranched alkanes of at least 4 members (excludes halogenated alkanes) is 4. The molecule has 0 spiro atoms. The van der Waals surface area contributed by atoms with Gasteiger partial charge in [0.05, 0.1) is 5.69 Å². The molecule has 0 aliphatic carbocycles. The fourth-order valence-corrected chi connectivity index (χ4v) is 2.58. The number of amides is 2. The maximum Gasteiger partial charge on any atom is 0.338 e. The Morgan fingerprint density at radius 1 is 1.10 bits per heavy atom. The molecule has 20 heavy (non-hydrogen) atoms. The van der Waals surface area contributed by atoms with E-state index in [1.807, 2.05) is 37.3 Å². The Hall–Kier alpha value is -1.55. The second-order valence-corrected chi connectivity index (χ2v) is 5.71. The molecule has 4 heteroatoms. The molecule has 110 valence electrons. The summed E-state index contributed by atoms with van der Waals surface area (Å²) in [6.45, 7) is 4.27. The number of carbonyl (C=O) groups excluding carboxylic acids is 1. The van der Waals surface area contributed by atoms with Gasteiger partial charge < -0.3 is 5.32 Å². The molecule has 1 saturated heterocycles. The minimum absolute atomic E-state index is 0.0766. The zero-order valence-corrected chi connectivity index (χ0v) is 12.5. The van der Waals surface area contributed by atoms with E-state index in [2.05, 4.69) is 17.7 Å². The van der Waals surface area contributed by atoms with E-state index in [0.717, 1.165) is 18.5 Å². The quantitative estimate of drug-likeness (QED) is 0.743. The Kier molecular flexibility index (Phi) is 5.01. The third-order valence-corrected chi connectivity index (χ3v) is 3.74. The molecule has 0 radical (unpaired) electrons. The number of anilines is 1. The molecule has 1 heterocycles. The zero-order valence-electron chi connectivity index (χ0n) is 12.5. The van der Waals surface area contributed by atoms with Crippen molar-refractivity contribution in [1.29, 1.82) is 0 Å². The van der Waals surface area contributed by atoms with Crippen molar-refractivity contribution in [3.05, 3.63) is 30.3 Å². The summed E-state index contributed by atoms with van der Waals surface area (Å²) in [5, 5.41) is 4.65. The van der Waals surface area contributed by atoms with Crippen molar-refractivity contribution >= 4 is 11.7 Å². The summed E-state index contributed by atoms with van der Waals surface area (Å²) in [6.07, 6.45) is 7.15. The first-order valence-corrected chi connectivity index (χ1v) is 7.60. The largest absolute Gasteiger partial charge is 0.338 e. The van der Waals surface area contributed by atoms with Gasteiger partial charge in [0.25, 0.3) is 0 Å². The molecule has 0 aromatic heterocycles. The van der Waals surface area contributed by atoms with Gasteiger partial charge in [-0.3, -0.25) is 0 Å². The van der Waals surface area contributed by atoms with Crippen molar-refractivity contribution in [3.63, 3.8) is 0 Å². The molecule has 1 atom stereocenters. The highest BCUT2D eigenvalue weighted by Crippen LogP contribution is 2.22. The summed E-state index contributed by atoms with van der Waals surface area (Å²) >= 11 is 0. The predicted octanol–water partition coefficient (Wildman–Crippen LogP) is 3.80. The molecule has 4 nitrogen and oxygen atoms in total. The van der Waals surface area contributed by atoms with Crippen LogP contribution in [0.5, 0.6) is 0 Å². The Balaban J connectivity index is 1.87. The van der Waals surface area contributed by atoms with Crippen LogP contribution in [0.15, 0.2) is 30.3 Å². The number of urea groups is 1. The van der Waals surface area contributed by atoms with Crippen LogP contribution in [-0.2, 0) is 0 Å². The summed E-state index contributed by atoms with van der Waals surface area (Å²) in [4.78, 5) is 12.1. The average Bonchev–Trinajstić information content (AvgIpc) is 2.75. The highest BCUT2D eigenvalue weighted by atomic mass is 16.2. The normalized spacial score (nSPS) is 22.1. The van der Waals surface area contributed by atoms with Crippen LogP contribution in [0.4, 0.5) is 10.5 Å². The smallest absolute Gasteiger partial charge is 0.317 e. The summed E-state index contributed by atoms with van der Waals surface area (Å²) in [7, 11) is 0. The van der Waals surface area contributed by atoms with Crippen LogP contribution in [0, 0.1) is 0 Å². The van der Waals surface area contributed by atoms with Crippen LogP contribution in [0.1, 0.15) is 52.4 Å². The van der Waals surface area contributed by atoms with Crippen LogP contribution in [0.2, 0.25) is 0 Å². The second kappa shape index (κ2) is 6.75. The summed E-state index contributed by atoms with van der Waals surface area (Å²) in [5.74, 6) is 0. The first kappa shape index (κ1) is 14.9. The number of nitrogens with zero attached hydrogens (tertiary/aromatic N) is 1. The van der Waals surface area contributed by atoms with Crippen molar-refractivity contribution in [2.24, 2.45) is 0 Å². The number of para-hydroxylation sites is 1. The van der Waals surface area contributed by atoms with Gasteiger partial charge in [-0.05, 0) is 31.9 Å². The van der Waals surface area contributed by atoms with Crippen molar-refractivity contribution < 1.29 is 4.79 Å². The topological polar surface area (TPSA) is 44.4 Å². The SMILES string of the molecule is CCCCCCC[C@]1(C)NC(=O)N(c2ccccc2)N1. The number of benzene rings is 1. The minimum atomic E-state index is -0.334. The molecular formula is C16H25N3O. The fourth-order valence-electron chi connectivity index (χ4n) is 2.58. The van der Waals surface area contributed by atoms with Gasteiger partial charge in [-0.2, -0.15) is 0 Å². The van der Waals surface area contributed by atoms with Crippen molar-refractivity contribution in [2.45, 2.75) is 58.0 Å². The van der Waals surface area contributed by atoms with Gasteiger partial charge in [-0.15, -0.1) is 0 Å². The van der Waals surface area contributed by atoms with Gasteiger partial charge in [0, 0.05) is 0 Å². The number of carbonyl (C=O) groups is 1. The van der Waals surface area contributed by atoms with Crippen molar-refractivity contribution in [2.75, 3.05) is 5.01 Å². The van der Waals surface area contributed by atoms with Crippen LogP contribution in [0.25, 0.3) is 0 Å². The average molecular weight is 275 g/mol. The predicted molar refractivity (Wildman–Crippen MR) is 82.4 cm³/mol. The molecule has 0 unspecified atom stereocenters. The first-order chi connectivity index (χ1) is 9.64. The third kappa shape index (κ3) is 3.73. The van der Waals surface area contributed by atoms with Crippen molar-refractivity contribution in [1.82, 2.24) is 10.7 Å². The van der Waals surface area contributed by atoms with Gasteiger partial charge in [-0.1, -0.05) is 50.8 Å². The summed E-state index contributed by atoms with van der Waals surface area (Å²) < 4.78 is 0. The van der Waals surface area contributed by atoms with Crippen LogP contribution in [0.3, 0.4) is 0 Å². The fraction of sp³-hybridized carbons (Fsp3) is 0.562. The Morgan fingerprint density at radius 3 is 2.50 bits per heavy atom. The molecule has 0 saturated carbocycles. The van der Waals surface area contributed by atoms with E-state index in [1.54, 1.807) is 5.01 Å². The Labute approximate surface area is 121 Å². The van der Waals surface area contributed by atoms with E-state index in [9.17, 15) is 4.79 Å². The highest BCUT2D eigenvalue weighted by molar-refractivity contribution is 5.93. The minimum Gasteiger partial charge on any atom is -0.317 e. The lowest BCUT2D eigenvalue weighted by molar-refractivity contribution is 0.246. The molecule has 1 aromatic carbocycles. The van der Waals surface area contributed by atoms with E-state index >= 15 is 0 Å². The first-order valence-electron chi connectivity index (χ1n) is 7.60. The van der Waals surface area contributed by atoms with Gasteiger partial charge >= 0.3 is 6.03 Å².